The molecule has 0 bridgehead atoms. The Labute approximate surface area is 270 Å². The molecule has 1 aromatic heterocycles. The van der Waals surface area contributed by atoms with Gasteiger partial charge in [0.25, 0.3) is 0 Å². The molecule has 0 radical (unpaired) electrons. The fourth-order valence-electron chi connectivity index (χ4n) is 5.88. The second kappa shape index (κ2) is 13.2. The van der Waals surface area contributed by atoms with E-state index in [0.29, 0.717) is 10.9 Å². The van der Waals surface area contributed by atoms with E-state index in [1.54, 1.807) is 52.8 Å². The van der Waals surface area contributed by atoms with Crippen molar-refractivity contribution in [1.82, 2.24) is 30.1 Å². The quantitative estimate of drug-likeness (QED) is 0.231. The van der Waals surface area contributed by atoms with Crippen LogP contribution in [0.4, 0.5) is 14.3 Å². The van der Waals surface area contributed by atoms with Crippen LogP contribution in [0.25, 0.3) is 10.2 Å². The van der Waals surface area contributed by atoms with Gasteiger partial charge in [0.05, 0.1) is 23.3 Å². The molecule has 2 aliphatic heterocycles. The Hall–Kier alpha value is -4.36. The third kappa shape index (κ3) is 6.61. The fraction of sp³-hybridized carbons (Fsp3) is 0.290. The Morgan fingerprint density at radius 2 is 1.87 bits per heavy atom. The van der Waals surface area contributed by atoms with Crippen LogP contribution in [0.1, 0.15) is 16.7 Å². The van der Waals surface area contributed by atoms with E-state index in [1.165, 1.54) is 28.5 Å². The molecule has 15 heteroatoms. The van der Waals surface area contributed by atoms with Gasteiger partial charge in [-0.25, -0.2) is 14.2 Å². The number of fused-ring (bicyclic) bond motifs is 2. The molecular weight excluding hydrogens is 632 g/mol. The topological polar surface area (TPSA) is 145 Å². The molecule has 2 fully saturated rings. The smallest absolute Gasteiger partial charge is 0.332 e. The Bertz CT molecular complexity index is 1760. The third-order valence-electron chi connectivity index (χ3n) is 8.07. The average Bonchev–Trinajstić information content (AvgIpc) is 3.58. The number of anilines is 1. The van der Waals surface area contributed by atoms with Gasteiger partial charge < -0.3 is 30.3 Å². The van der Waals surface area contributed by atoms with E-state index in [-0.39, 0.29) is 50.2 Å². The number of nitrogens with two attached hydrogens (primary N) is 1. The minimum Gasteiger partial charge on any atom is -0.448 e. The van der Waals surface area contributed by atoms with Crippen LogP contribution in [0.15, 0.2) is 66.7 Å². The number of hydrogen-bond donors (Lipinski definition) is 3. The second-order valence-electron chi connectivity index (χ2n) is 11.1. The zero-order valence-electron chi connectivity index (χ0n) is 25.2. The zero-order valence-corrected chi connectivity index (χ0v) is 26.9. The summed E-state index contributed by atoms with van der Waals surface area (Å²) < 4.78 is 19.6. The molecule has 12 nitrogen and oxygen atoms in total. The van der Waals surface area contributed by atoms with E-state index in [4.69, 9.17) is 10.3 Å². The van der Waals surface area contributed by atoms with Gasteiger partial charge in [0.1, 0.15) is 23.8 Å². The number of amides is 4. The number of carbonyl (C=O) groups is 3. The Morgan fingerprint density at radius 1 is 1.15 bits per heavy atom. The summed E-state index contributed by atoms with van der Waals surface area (Å²) in [5.74, 6) is -0.356. The number of thiazole rings is 1. The molecule has 0 saturated carbocycles. The van der Waals surface area contributed by atoms with E-state index in [2.05, 4.69) is 10.3 Å². The molecule has 1 unspecified atom stereocenters. The average molecular weight is 666 g/mol. The summed E-state index contributed by atoms with van der Waals surface area (Å²) >= 11 is 1.37. The lowest BCUT2D eigenvalue weighted by molar-refractivity contribution is -0.157. The Kier molecular flexibility index (Phi) is 9.05. The number of nitrogens with one attached hydrogen (secondary N) is 1. The van der Waals surface area contributed by atoms with Crippen molar-refractivity contribution in [1.29, 1.82) is 0 Å². The highest BCUT2D eigenvalue weighted by Crippen LogP contribution is 2.33. The number of halogens is 1. The number of benzene rings is 3. The summed E-state index contributed by atoms with van der Waals surface area (Å²) in [7, 11) is -0.00650. The number of rotatable bonds is 9. The molecule has 46 heavy (non-hydrogen) atoms. The predicted octanol–water partition coefficient (Wildman–Crippen LogP) is 3.51. The largest absolute Gasteiger partial charge is 0.448 e. The highest BCUT2D eigenvalue weighted by Gasteiger charge is 2.51. The summed E-state index contributed by atoms with van der Waals surface area (Å²) in [6, 6.07) is 17.3. The van der Waals surface area contributed by atoms with Crippen molar-refractivity contribution in [3.05, 3.63) is 89.2 Å². The Morgan fingerprint density at radius 3 is 2.59 bits per heavy atom. The molecule has 2 saturated heterocycles. The predicted molar refractivity (Wildman–Crippen MR) is 173 cm³/mol. The van der Waals surface area contributed by atoms with Gasteiger partial charge >= 0.3 is 6.03 Å². The van der Waals surface area contributed by atoms with Gasteiger partial charge in [-0.15, -0.1) is 0 Å². The van der Waals surface area contributed by atoms with Crippen LogP contribution in [0.3, 0.4) is 0 Å². The number of aromatic nitrogens is 1. The molecule has 4 amide bonds. The van der Waals surface area contributed by atoms with E-state index in [0.717, 1.165) is 26.9 Å². The summed E-state index contributed by atoms with van der Waals surface area (Å²) in [4.78, 5) is 58.4. The number of hydrogen-bond acceptors (Lipinski definition) is 9. The molecule has 0 spiro atoms. The first-order valence-electron chi connectivity index (χ1n) is 14.5. The summed E-state index contributed by atoms with van der Waals surface area (Å²) in [6.45, 7) is 2.06. The molecule has 4 N–H and O–H groups in total. The number of para-hydroxylation sites is 1. The van der Waals surface area contributed by atoms with E-state index < -0.39 is 26.6 Å². The summed E-state index contributed by atoms with van der Waals surface area (Å²) in [5, 5.41) is 6.28. The normalized spacial score (nSPS) is 19.0. The first-order valence-corrected chi connectivity index (χ1v) is 17.0. The standard InChI is InChI=1S/C31H33FN7O5PS/c1-36(31(42)34-15-20-6-10-22(32)11-7-20)38-18-27(40)39-24(14-19-8-12-23(13-9-19)44-45(2)43)29(41)37(17-26(38)39)16-21-4-3-5-25-28(21)35-30(33)46-25/h3-13,24,26,43H,14-18H2,1-2H3,(H2,33,35)(H,34,42)/t24-,26+,45?/m0/s1. The molecule has 3 aromatic carbocycles. The minimum absolute atomic E-state index is 0.0930. The lowest BCUT2D eigenvalue weighted by Crippen LogP contribution is -2.65. The maximum absolute atomic E-state index is 14.2. The zero-order chi connectivity index (χ0) is 32.5. The molecule has 3 atom stereocenters. The van der Waals surface area contributed by atoms with E-state index >= 15 is 0 Å². The molecule has 240 valence electrons. The van der Waals surface area contributed by atoms with Crippen molar-refractivity contribution in [2.45, 2.75) is 31.7 Å². The molecule has 6 rings (SSSR count). The Balaban J connectivity index is 1.27. The lowest BCUT2D eigenvalue weighted by Gasteiger charge is -2.45. The fourth-order valence-corrected chi connectivity index (χ4v) is 7.09. The number of carbonyl (C=O) groups excluding carboxylic acids is 3. The second-order valence-corrected chi connectivity index (χ2v) is 13.3. The van der Waals surface area contributed by atoms with Gasteiger partial charge in [0.2, 0.25) is 20.2 Å². The lowest BCUT2D eigenvalue weighted by atomic mass is 9.99. The van der Waals surface area contributed by atoms with Gasteiger partial charge in [-0.2, -0.15) is 5.01 Å². The highest BCUT2D eigenvalue weighted by atomic mass is 32.1. The monoisotopic (exact) mass is 665 g/mol. The minimum atomic E-state index is -1.58. The van der Waals surface area contributed by atoms with E-state index in [1.807, 2.05) is 30.3 Å². The number of hydrazine groups is 1. The molecule has 4 aromatic rings. The highest BCUT2D eigenvalue weighted by molar-refractivity contribution is 7.45. The first-order chi connectivity index (χ1) is 22.1. The van der Waals surface area contributed by atoms with Gasteiger partial charge in [0.15, 0.2) is 5.13 Å². The number of nitrogens with zero attached hydrogens (tertiary/aromatic N) is 5. The third-order valence-corrected chi connectivity index (χ3v) is 9.40. The SMILES string of the molecule is CN(C(=O)NCc1ccc(F)cc1)N1CC(=O)N2[C@@H](Cc3ccc(OP(C)O)cc3)C(=O)N(Cc3cccc4sc(N)nc34)C[C@@H]21. The summed E-state index contributed by atoms with van der Waals surface area (Å²) in [6.07, 6.45) is -0.378. The van der Waals surface area contributed by atoms with Crippen LogP contribution in [0.5, 0.6) is 5.75 Å². The van der Waals surface area contributed by atoms with Crippen LogP contribution in [0, 0.1) is 5.82 Å². The number of nitrogen functional groups attached to an aromatic ring is 1. The van der Waals surface area contributed by atoms with Crippen molar-refractivity contribution in [2.75, 3.05) is 32.5 Å². The van der Waals surface area contributed by atoms with Crippen molar-refractivity contribution in [2.24, 2.45) is 0 Å². The number of piperazine rings is 1. The van der Waals surface area contributed by atoms with Crippen molar-refractivity contribution < 1.29 is 28.2 Å². The van der Waals surface area contributed by atoms with Crippen LogP contribution in [-0.2, 0) is 29.1 Å². The van der Waals surface area contributed by atoms with Gasteiger partial charge in [0, 0.05) is 33.2 Å². The van der Waals surface area contributed by atoms with Gasteiger partial charge in [-0.05, 0) is 47.0 Å². The van der Waals surface area contributed by atoms with Crippen LogP contribution in [-0.4, -0.2) is 86.6 Å². The van der Waals surface area contributed by atoms with Crippen molar-refractivity contribution in [3.63, 3.8) is 0 Å². The number of urea groups is 1. The summed E-state index contributed by atoms with van der Waals surface area (Å²) in [5.41, 5.74) is 9.07. The maximum Gasteiger partial charge on any atom is 0.332 e. The molecular formula is C31H33FN7O5PS. The van der Waals surface area contributed by atoms with Crippen LogP contribution in [0.2, 0.25) is 0 Å². The van der Waals surface area contributed by atoms with E-state index in [9.17, 15) is 23.7 Å². The molecule has 2 aliphatic rings. The van der Waals surface area contributed by atoms with Crippen molar-refractivity contribution >= 4 is 52.9 Å². The maximum atomic E-state index is 14.2. The van der Waals surface area contributed by atoms with Crippen LogP contribution >= 0.6 is 19.7 Å². The first kappa shape index (κ1) is 31.6. The van der Waals surface area contributed by atoms with Crippen LogP contribution < -0.4 is 15.6 Å². The van der Waals surface area contributed by atoms with Gasteiger partial charge in [-0.1, -0.05) is 47.7 Å². The van der Waals surface area contributed by atoms with Gasteiger partial charge in [-0.3, -0.25) is 14.6 Å². The van der Waals surface area contributed by atoms with Crippen molar-refractivity contribution in [3.8, 4) is 5.75 Å². The molecule has 3 heterocycles. The molecule has 0 aliphatic carbocycles.